The molecule has 23 heavy (non-hydrogen) atoms. The van der Waals surface area contributed by atoms with Crippen molar-refractivity contribution in [3.8, 4) is 0 Å². The van der Waals surface area contributed by atoms with Crippen molar-refractivity contribution >= 4 is 35.0 Å². The molecule has 3 heterocycles. The number of aromatic nitrogens is 1. The summed E-state index contributed by atoms with van der Waals surface area (Å²) in [6.45, 7) is 1.03. The summed E-state index contributed by atoms with van der Waals surface area (Å²) in [5.41, 5.74) is 1.59. The first-order chi connectivity index (χ1) is 11.2. The van der Waals surface area contributed by atoms with Crippen LogP contribution in [0.4, 0.5) is 0 Å². The third kappa shape index (κ3) is 3.56. The van der Waals surface area contributed by atoms with Crippen molar-refractivity contribution in [2.45, 2.75) is 18.0 Å². The fraction of sp³-hybridized carbons (Fsp3) is 0.312. The molecule has 0 unspecified atom stereocenters. The van der Waals surface area contributed by atoms with Gasteiger partial charge in [-0.2, -0.15) is 0 Å². The normalized spacial score (nSPS) is 13.5. The molecule has 5 nitrogen and oxygen atoms in total. The molecule has 1 amide bonds. The fourth-order valence-corrected chi connectivity index (χ4v) is 3.89. The van der Waals surface area contributed by atoms with Gasteiger partial charge >= 0.3 is 5.97 Å². The van der Waals surface area contributed by atoms with Crippen LogP contribution in [0.5, 0.6) is 0 Å². The number of carbonyl (C=O) groups excluding carboxylic acids is 2. The van der Waals surface area contributed by atoms with E-state index < -0.39 is 5.97 Å². The second kappa shape index (κ2) is 7.14. The minimum Gasteiger partial charge on any atom is -0.452 e. The van der Waals surface area contributed by atoms with Crippen LogP contribution >= 0.6 is 23.1 Å². The smallest absolute Gasteiger partial charge is 0.341 e. The molecule has 7 heteroatoms. The summed E-state index contributed by atoms with van der Waals surface area (Å²) in [6, 6.07) is 5.39. The largest absolute Gasteiger partial charge is 0.452 e. The molecule has 0 N–H and O–H groups in total. The maximum atomic E-state index is 12.3. The van der Waals surface area contributed by atoms with Gasteiger partial charge in [-0.05, 0) is 41.8 Å². The first kappa shape index (κ1) is 16.0. The Morgan fingerprint density at radius 3 is 3.13 bits per heavy atom. The van der Waals surface area contributed by atoms with Crippen molar-refractivity contribution in [3.63, 3.8) is 0 Å². The highest BCUT2D eigenvalue weighted by molar-refractivity contribution is 7.98. The lowest BCUT2D eigenvalue weighted by Gasteiger charge is -2.26. The van der Waals surface area contributed by atoms with Crippen molar-refractivity contribution in [1.82, 2.24) is 9.88 Å². The molecule has 1 aliphatic heterocycles. The molecule has 2 aromatic rings. The fourth-order valence-electron chi connectivity index (χ4n) is 2.47. The highest BCUT2D eigenvalue weighted by Gasteiger charge is 2.23. The van der Waals surface area contributed by atoms with E-state index in [-0.39, 0.29) is 12.5 Å². The van der Waals surface area contributed by atoms with Crippen LogP contribution in [0.15, 0.2) is 34.8 Å². The zero-order valence-electron chi connectivity index (χ0n) is 12.7. The molecule has 120 valence electrons. The van der Waals surface area contributed by atoms with Gasteiger partial charge in [-0.15, -0.1) is 23.1 Å². The van der Waals surface area contributed by atoms with Crippen molar-refractivity contribution in [3.05, 3.63) is 45.8 Å². The number of nitrogens with zero attached hydrogens (tertiary/aromatic N) is 2. The van der Waals surface area contributed by atoms with E-state index in [0.717, 1.165) is 6.42 Å². The van der Waals surface area contributed by atoms with Gasteiger partial charge in [0.15, 0.2) is 6.61 Å². The van der Waals surface area contributed by atoms with Crippen molar-refractivity contribution in [2.75, 3.05) is 19.4 Å². The van der Waals surface area contributed by atoms with E-state index in [9.17, 15) is 9.59 Å². The Kier molecular flexibility index (Phi) is 4.97. The molecule has 0 radical (unpaired) electrons. The van der Waals surface area contributed by atoms with Gasteiger partial charge < -0.3 is 9.64 Å². The van der Waals surface area contributed by atoms with Crippen LogP contribution in [-0.2, 0) is 22.5 Å². The number of ether oxygens (including phenoxy) is 1. The molecule has 2 aromatic heterocycles. The Hall–Kier alpha value is -1.86. The van der Waals surface area contributed by atoms with E-state index in [0.29, 0.717) is 23.7 Å². The van der Waals surface area contributed by atoms with E-state index >= 15 is 0 Å². The lowest BCUT2D eigenvalue weighted by molar-refractivity contribution is -0.135. The second-order valence-electron chi connectivity index (χ2n) is 5.07. The zero-order chi connectivity index (χ0) is 16.2. The summed E-state index contributed by atoms with van der Waals surface area (Å²) in [6.07, 6.45) is 4.34. The molecule has 0 aromatic carbocycles. The lowest BCUT2D eigenvalue weighted by atomic mass is 10.1. The van der Waals surface area contributed by atoms with Gasteiger partial charge in [0.25, 0.3) is 5.91 Å². The predicted octanol–water partition coefficient (Wildman–Crippen LogP) is 2.61. The van der Waals surface area contributed by atoms with E-state index in [1.807, 2.05) is 17.7 Å². The van der Waals surface area contributed by atoms with Crippen LogP contribution in [-0.4, -0.2) is 41.2 Å². The average Bonchev–Trinajstić information content (AvgIpc) is 3.06. The number of carbonyl (C=O) groups is 2. The van der Waals surface area contributed by atoms with E-state index in [2.05, 4.69) is 4.98 Å². The minimum atomic E-state index is -0.510. The molecular weight excluding hydrogens is 332 g/mol. The summed E-state index contributed by atoms with van der Waals surface area (Å²) in [5, 5.41) is 2.65. The first-order valence-electron chi connectivity index (χ1n) is 7.18. The van der Waals surface area contributed by atoms with Gasteiger partial charge in [-0.3, -0.25) is 4.79 Å². The summed E-state index contributed by atoms with van der Waals surface area (Å²) in [5.74, 6) is -0.672. The SMILES string of the molecule is CSc1ncccc1C(=O)OCC(=O)N1CCc2sccc2C1. The maximum Gasteiger partial charge on any atom is 0.341 e. The highest BCUT2D eigenvalue weighted by atomic mass is 32.2. The maximum absolute atomic E-state index is 12.3. The minimum absolute atomic E-state index is 0.162. The molecule has 1 aliphatic rings. The summed E-state index contributed by atoms with van der Waals surface area (Å²) < 4.78 is 5.17. The summed E-state index contributed by atoms with van der Waals surface area (Å²) in [7, 11) is 0. The lowest BCUT2D eigenvalue weighted by Crippen LogP contribution is -2.38. The van der Waals surface area contributed by atoms with E-state index in [1.54, 1.807) is 34.6 Å². The third-order valence-corrected chi connectivity index (χ3v) is 5.41. The molecule has 0 bridgehead atoms. The molecular formula is C16H16N2O3S2. The third-order valence-electron chi connectivity index (χ3n) is 3.67. The first-order valence-corrected chi connectivity index (χ1v) is 9.28. The topological polar surface area (TPSA) is 59.5 Å². The Balaban J connectivity index is 1.58. The molecule has 0 saturated carbocycles. The predicted molar refractivity (Wildman–Crippen MR) is 89.7 cm³/mol. The monoisotopic (exact) mass is 348 g/mol. The number of amides is 1. The summed E-state index contributed by atoms with van der Waals surface area (Å²) in [4.78, 5) is 31.6. The van der Waals surface area contributed by atoms with Crippen LogP contribution in [0.3, 0.4) is 0 Å². The number of esters is 1. The number of rotatable bonds is 4. The van der Waals surface area contributed by atoms with Crippen LogP contribution in [0.25, 0.3) is 0 Å². The molecule has 3 rings (SSSR count). The number of hydrogen-bond acceptors (Lipinski definition) is 6. The van der Waals surface area contributed by atoms with Crippen molar-refractivity contribution in [1.29, 1.82) is 0 Å². The van der Waals surface area contributed by atoms with Crippen LogP contribution < -0.4 is 0 Å². The zero-order valence-corrected chi connectivity index (χ0v) is 14.3. The molecule has 0 saturated heterocycles. The van der Waals surface area contributed by atoms with Crippen molar-refractivity contribution in [2.24, 2.45) is 0 Å². The number of thiophene rings is 1. The van der Waals surface area contributed by atoms with E-state index in [4.69, 9.17) is 4.74 Å². The number of fused-ring (bicyclic) bond motifs is 1. The van der Waals surface area contributed by atoms with Gasteiger partial charge in [-0.25, -0.2) is 9.78 Å². The van der Waals surface area contributed by atoms with Crippen LogP contribution in [0.2, 0.25) is 0 Å². The Labute approximate surface area is 142 Å². The number of thioether (sulfide) groups is 1. The quantitative estimate of drug-likeness (QED) is 0.628. The molecule has 0 spiro atoms. The van der Waals surface area contributed by atoms with Gasteiger partial charge in [0, 0.05) is 24.2 Å². The average molecular weight is 348 g/mol. The highest BCUT2D eigenvalue weighted by Crippen LogP contribution is 2.24. The Bertz CT molecular complexity index is 730. The Morgan fingerprint density at radius 2 is 2.30 bits per heavy atom. The number of hydrogen-bond donors (Lipinski definition) is 0. The van der Waals surface area contributed by atoms with Gasteiger partial charge in [-0.1, -0.05) is 0 Å². The second-order valence-corrected chi connectivity index (χ2v) is 6.87. The molecule has 0 atom stereocenters. The number of pyridine rings is 1. The summed E-state index contributed by atoms with van der Waals surface area (Å²) >= 11 is 3.10. The van der Waals surface area contributed by atoms with Gasteiger partial charge in [0.05, 0.1) is 5.56 Å². The van der Waals surface area contributed by atoms with Crippen molar-refractivity contribution < 1.29 is 14.3 Å². The van der Waals surface area contributed by atoms with E-state index in [1.165, 1.54) is 22.2 Å². The van der Waals surface area contributed by atoms with Gasteiger partial charge in [0.1, 0.15) is 5.03 Å². The van der Waals surface area contributed by atoms with Gasteiger partial charge in [0.2, 0.25) is 0 Å². The standard InChI is InChI=1S/C16H16N2O3S2/c1-22-15-12(3-2-6-17-15)16(20)21-10-14(19)18-7-4-13-11(9-18)5-8-23-13/h2-3,5-6,8H,4,7,9-10H2,1H3. The van der Waals surface area contributed by atoms with Crippen LogP contribution in [0, 0.1) is 0 Å². The molecule has 0 aliphatic carbocycles. The Morgan fingerprint density at radius 1 is 1.43 bits per heavy atom. The molecule has 0 fully saturated rings. The van der Waals surface area contributed by atoms with Crippen LogP contribution in [0.1, 0.15) is 20.8 Å².